The Morgan fingerprint density at radius 3 is 2.30 bits per heavy atom. The molecule has 20 heavy (non-hydrogen) atoms. The molecule has 0 fully saturated rings. The van der Waals surface area contributed by atoms with E-state index in [0.717, 1.165) is 15.9 Å². The summed E-state index contributed by atoms with van der Waals surface area (Å²) < 4.78 is 52.8. The van der Waals surface area contributed by atoms with Crippen LogP contribution in [0.25, 0.3) is 0 Å². The fourth-order valence-electron chi connectivity index (χ4n) is 1.62. The Balaban J connectivity index is 2.46. The van der Waals surface area contributed by atoms with Crippen molar-refractivity contribution in [1.29, 1.82) is 0 Å². The van der Waals surface area contributed by atoms with Crippen LogP contribution in [-0.4, -0.2) is 0 Å². The third-order valence-corrected chi connectivity index (χ3v) is 5.42. The van der Waals surface area contributed by atoms with Gasteiger partial charge in [-0.05, 0) is 55.6 Å². The van der Waals surface area contributed by atoms with Gasteiger partial charge in [0.15, 0.2) is 0 Å². The Morgan fingerprint density at radius 1 is 1.15 bits per heavy atom. The first-order valence-corrected chi connectivity index (χ1v) is 7.99. The topological polar surface area (TPSA) is 0 Å². The summed E-state index contributed by atoms with van der Waals surface area (Å²) in [5.41, 5.74) is -0.499. The molecule has 2 rings (SSSR count). The van der Waals surface area contributed by atoms with Gasteiger partial charge < -0.3 is 0 Å². The van der Waals surface area contributed by atoms with Crippen LogP contribution in [0.15, 0.2) is 31.8 Å². The van der Waals surface area contributed by atoms with E-state index in [1.54, 1.807) is 6.07 Å². The van der Waals surface area contributed by atoms with Crippen molar-refractivity contribution in [3.63, 3.8) is 0 Å². The number of halogens is 7. The highest BCUT2D eigenvalue weighted by Crippen LogP contribution is 2.42. The van der Waals surface area contributed by atoms with Gasteiger partial charge in [-0.25, -0.2) is 4.39 Å². The summed E-state index contributed by atoms with van der Waals surface area (Å²) in [5, 5.41) is -0.798. The van der Waals surface area contributed by atoms with Crippen LogP contribution in [0.1, 0.15) is 22.1 Å². The van der Waals surface area contributed by atoms with Crippen LogP contribution in [0.3, 0.4) is 0 Å². The summed E-state index contributed by atoms with van der Waals surface area (Å²) in [6, 6.07) is 4.48. The fraction of sp³-hybridized carbons (Fsp3) is 0.167. The zero-order chi connectivity index (χ0) is 15.1. The maximum Gasteiger partial charge on any atom is 0.419 e. The molecule has 2 aromatic rings. The quantitative estimate of drug-likeness (QED) is 0.349. The second-order valence-electron chi connectivity index (χ2n) is 3.88. The molecule has 0 saturated carbocycles. The van der Waals surface area contributed by atoms with Crippen LogP contribution in [0.2, 0.25) is 0 Å². The lowest BCUT2D eigenvalue weighted by Crippen LogP contribution is -2.09. The molecule has 0 amide bonds. The molecule has 0 radical (unpaired) electrons. The average molecular weight is 452 g/mol. The summed E-state index contributed by atoms with van der Waals surface area (Å²) >= 11 is 14.1. The predicted molar refractivity (Wildman–Crippen MR) is 78.8 cm³/mol. The Hall–Kier alpha value is -0.110. The average Bonchev–Trinajstić information content (AvgIpc) is 2.66. The van der Waals surface area contributed by atoms with Crippen LogP contribution in [0.4, 0.5) is 17.6 Å². The number of hydrogen-bond donors (Lipinski definition) is 0. The standard InChI is InChI=1S/C12H5Br2ClF4S/c13-9-4-6(11(14)20-9)10(15)5-1-2-8(16)7(3-5)12(17,18)19/h1-4,10H. The molecule has 0 spiro atoms. The Morgan fingerprint density at radius 2 is 1.80 bits per heavy atom. The molecule has 0 bridgehead atoms. The van der Waals surface area contributed by atoms with Gasteiger partial charge in [-0.3, -0.25) is 0 Å². The van der Waals surface area contributed by atoms with Crippen molar-refractivity contribution in [3.05, 3.63) is 54.3 Å². The number of thiophene rings is 1. The highest BCUT2D eigenvalue weighted by Gasteiger charge is 2.34. The largest absolute Gasteiger partial charge is 0.419 e. The van der Waals surface area contributed by atoms with Crippen LogP contribution in [0.5, 0.6) is 0 Å². The first-order chi connectivity index (χ1) is 9.20. The second-order valence-corrected chi connectivity index (χ2v) is 8.06. The van der Waals surface area contributed by atoms with Crippen molar-refractivity contribution in [2.75, 3.05) is 0 Å². The van der Waals surface area contributed by atoms with E-state index in [1.165, 1.54) is 17.4 Å². The second kappa shape index (κ2) is 5.94. The Bertz CT molecular complexity index is 639. The minimum atomic E-state index is -4.75. The van der Waals surface area contributed by atoms with Gasteiger partial charge in [-0.1, -0.05) is 6.07 Å². The zero-order valence-electron chi connectivity index (χ0n) is 9.44. The minimum absolute atomic E-state index is 0.186. The van der Waals surface area contributed by atoms with E-state index < -0.39 is 22.9 Å². The SMILES string of the molecule is Fc1ccc(C(Cl)c2cc(Br)sc2Br)cc1C(F)(F)F. The molecule has 1 atom stereocenters. The third-order valence-electron chi connectivity index (χ3n) is 2.54. The highest BCUT2D eigenvalue weighted by molar-refractivity contribution is 9.12. The van der Waals surface area contributed by atoms with Gasteiger partial charge in [0.1, 0.15) is 5.82 Å². The Labute approximate surface area is 138 Å². The predicted octanol–water partition coefficient (Wildman–Crippen LogP) is 6.76. The molecular weight excluding hydrogens is 447 g/mol. The molecule has 1 aromatic heterocycles. The van der Waals surface area contributed by atoms with Crippen molar-refractivity contribution in [2.24, 2.45) is 0 Å². The van der Waals surface area contributed by atoms with Crippen molar-refractivity contribution < 1.29 is 17.6 Å². The number of rotatable bonds is 2. The molecule has 1 heterocycles. The molecule has 0 nitrogen and oxygen atoms in total. The van der Waals surface area contributed by atoms with Gasteiger partial charge in [0.2, 0.25) is 0 Å². The highest BCUT2D eigenvalue weighted by atomic mass is 79.9. The monoisotopic (exact) mass is 450 g/mol. The molecule has 0 aliphatic rings. The Kier molecular flexibility index (Phi) is 4.83. The van der Waals surface area contributed by atoms with Gasteiger partial charge >= 0.3 is 6.18 Å². The number of benzene rings is 1. The molecule has 0 saturated heterocycles. The van der Waals surface area contributed by atoms with Crippen molar-refractivity contribution >= 4 is 54.8 Å². The van der Waals surface area contributed by atoms with Crippen molar-refractivity contribution in [1.82, 2.24) is 0 Å². The van der Waals surface area contributed by atoms with Crippen molar-refractivity contribution in [2.45, 2.75) is 11.6 Å². The van der Waals surface area contributed by atoms with Crippen LogP contribution < -0.4 is 0 Å². The van der Waals surface area contributed by atoms with E-state index in [2.05, 4.69) is 31.9 Å². The third kappa shape index (κ3) is 3.37. The summed E-state index contributed by atoms with van der Waals surface area (Å²) in [4.78, 5) is 0. The lowest BCUT2D eigenvalue weighted by Gasteiger charge is -2.13. The summed E-state index contributed by atoms with van der Waals surface area (Å²) in [5.74, 6) is -1.31. The van der Waals surface area contributed by atoms with E-state index in [9.17, 15) is 17.6 Å². The first kappa shape index (κ1) is 16.3. The minimum Gasteiger partial charge on any atom is -0.206 e. The summed E-state index contributed by atoms with van der Waals surface area (Å²) in [6.45, 7) is 0. The molecule has 0 N–H and O–H groups in total. The maximum absolute atomic E-state index is 13.2. The van der Waals surface area contributed by atoms with E-state index in [-0.39, 0.29) is 5.56 Å². The van der Waals surface area contributed by atoms with Crippen LogP contribution >= 0.6 is 54.8 Å². The normalized spacial score (nSPS) is 13.6. The van der Waals surface area contributed by atoms with Gasteiger partial charge in [0.25, 0.3) is 0 Å². The smallest absolute Gasteiger partial charge is 0.206 e. The van der Waals surface area contributed by atoms with Gasteiger partial charge in [-0.2, -0.15) is 13.2 Å². The molecular formula is C12H5Br2ClF4S. The lowest BCUT2D eigenvalue weighted by atomic mass is 10.0. The van der Waals surface area contributed by atoms with E-state index in [0.29, 0.717) is 9.35 Å². The summed E-state index contributed by atoms with van der Waals surface area (Å²) in [7, 11) is 0. The van der Waals surface area contributed by atoms with Crippen LogP contribution in [-0.2, 0) is 6.18 Å². The molecule has 8 heteroatoms. The van der Waals surface area contributed by atoms with Gasteiger partial charge in [-0.15, -0.1) is 22.9 Å². The van der Waals surface area contributed by atoms with E-state index in [4.69, 9.17) is 11.6 Å². The van der Waals surface area contributed by atoms with Crippen molar-refractivity contribution in [3.8, 4) is 0 Å². The first-order valence-electron chi connectivity index (χ1n) is 5.15. The molecule has 1 aromatic carbocycles. The van der Waals surface area contributed by atoms with Gasteiger partial charge in [0, 0.05) is 5.56 Å². The molecule has 0 aliphatic heterocycles. The number of hydrogen-bond acceptors (Lipinski definition) is 1. The summed E-state index contributed by atoms with van der Waals surface area (Å²) in [6.07, 6.45) is -4.75. The molecule has 1 unspecified atom stereocenters. The van der Waals surface area contributed by atoms with E-state index in [1.807, 2.05) is 0 Å². The fourth-order valence-corrected chi connectivity index (χ4v) is 5.03. The van der Waals surface area contributed by atoms with E-state index >= 15 is 0 Å². The molecule has 0 aliphatic carbocycles. The maximum atomic E-state index is 13.2. The van der Waals surface area contributed by atoms with Gasteiger partial charge in [0.05, 0.1) is 18.5 Å². The lowest BCUT2D eigenvalue weighted by molar-refractivity contribution is -0.140. The zero-order valence-corrected chi connectivity index (χ0v) is 14.2. The number of alkyl halides is 4. The van der Waals surface area contributed by atoms with Crippen LogP contribution in [0, 0.1) is 5.82 Å². The molecule has 108 valence electrons.